The average molecular weight is 763 g/mol. The van der Waals surface area contributed by atoms with Crippen molar-refractivity contribution in [1.82, 2.24) is 0 Å². The lowest BCUT2D eigenvalue weighted by molar-refractivity contribution is -0.249. The molecule has 4 nitrogen and oxygen atoms in total. The van der Waals surface area contributed by atoms with Crippen molar-refractivity contribution >= 4 is 11.9 Å². The normalized spacial score (nSPS) is 37.0. The van der Waals surface area contributed by atoms with Gasteiger partial charge in [-0.05, 0) is 178 Å². The Morgan fingerprint density at radius 1 is 0.679 bits per heavy atom. The average Bonchev–Trinajstić information content (AvgIpc) is 3.57. The van der Waals surface area contributed by atoms with E-state index < -0.39 is 0 Å². The van der Waals surface area contributed by atoms with Crippen molar-refractivity contribution in [3.63, 3.8) is 0 Å². The highest BCUT2D eigenvalue weighted by molar-refractivity contribution is 5.90. The van der Waals surface area contributed by atoms with Gasteiger partial charge in [-0.1, -0.05) is 97.7 Å². The number of aryl methyl sites for hydroxylation is 2. The van der Waals surface area contributed by atoms with Crippen LogP contribution in [-0.4, -0.2) is 24.6 Å². The van der Waals surface area contributed by atoms with Crippen molar-refractivity contribution in [1.29, 1.82) is 0 Å². The number of benzene rings is 2. The number of hydrogen-bond donors (Lipinski definition) is 0. The Kier molecular flexibility index (Phi) is 11.6. The minimum Gasteiger partial charge on any atom is -0.461 e. The number of rotatable bonds is 12. The molecule has 0 saturated heterocycles. The van der Waals surface area contributed by atoms with Crippen molar-refractivity contribution in [3.05, 3.63) is 82.9 Å². The van der Waals surface area contributed by atoms with Crippen molar-refractivity contribution in [2.75, 3.05) is 6.61 Å². The molecule has 5 fully saturated rings. The molecule has 306 valence electrons. The summed E-state index contributed by atoms with van der Waals surface area (Å²) in [5, 5.41) is 0. The number of unbranched alkanes of at least 4 members (excludes halogenated alkanes) is 2. The molecule has 0 bridgehead atoms. The Bertz CT molecular complexity index is 1740. The molecule has 0 aliphatic heterocycles. The molecule has 0 N–H and O–H groups in total. The summed E-state index contributed by atoms with van der Waals surface area (Å²) >= 11 is 0. The van der Waals surface area contributed by atoms with Crippen molar-refractivity contribution < 1.29 is 19.1 Å². The second-order valence-electron chi connectivity index (χ2n) is 21.0. The maximum atomic E-state index is 13.6. The first kappa shape index (κ1) is 41.3. The Labute approximate surface area is 340 Å². The molecule has 0 unspecified atom stereocenters. The fourth-order valence-electron chi connectivity index (χ4n) is 14.6. The number of hydrogen-bond acceptors (Lipinski definition) is 4. The molecule has 2 aromatic carbocycles. The predicted molar refractivity (Wildman–Crippen MR) is 229 cm³/mol. The van der Waals surface area contributed by atoms with Gasteiger partial charge in [0.1, 0.15) is 6.10 Å². The van der Waals surface area contributed by atoms with E-state index in [1.54, 1.807) is 0 Å². The standard InChI is InChI=1S/C52H74O4/c1-10-12-14-36-16-20-38(21-17-36)46(53)55-34-52-31-26-40(35(3)4)45(52)41-24-25-43-49(7)29-28-44(56-47(54)39-22-18-37(19-23-39)15-13-11-2)48(5,6)42(49)27-30-51(43,9)50(41,8)32-33-52/h16-23,40-45H,3,10-15,24-34H2,1-2,4-9H3/t40-,41+,42-,43+,44-,45+,49-,50+,51+,52+/m0/s1. The summed E-state index contributed by atoms with van der Waals surface area (Å²) in [5.41, 5.74) is 5.82. The monoisotopic (exact) mass is 763 g/mol. The minimum absolute atomic E-state index is 0.0224. The third-order valence-electron chi connectivity index (χ3n) is 17.9. The molecular weight excluding hydrogens is 689 g/mol. The van der Waals surface area contributed by atoms with E-state index in [0.717, 1.165) is 44.9 Å². The molecule has 5 aliphatic rings. The summed E-state index contributed by atoms with van der Waals surface area (Å²) in [7, 11) is 0. The molecule has 2 aromatic rings. The summed E-state index contributed by atoms with van der Waals surface area (Å²) in [6.07, 6.45) is 18.3. The predicted octanol–water partition coefficient (Wildman–Crippen LogP) is 13.4. The van der Waals surface area contributed by atoms with Gasteiger partial charge in [-0.15, -0.1) is 0 Å². The van der Waals surface area contributed by atoms with Gasteiger partial charge < -0.3 is 9.47 Å². The van der Waals surface area contributed by atoms with Crippen molar-refractivity contribution in [2.24, 2.45) is 56.7 Å². The highest BCUT2D eigenvalue weighted by Crippen LogP contribution is 2.77. The van der Waals surface area contributed by atoms with Gasteiger partial charge in [0, 0.05) is 10.8 Å². The summed E-state index contributed by atoms with van der Waals surface area (Å²) in [6.45, 7) is 24.6. The van der Waals surface area contributed by atoms with E-state index in [4.69, 9.17) is 9.47 Å². The van der Waals surface area contributed by atoms with Gasteiger partial charge in [-0.25, -0.2) is 9.59 Å². The molecular formula is C52H74O4. The Balaban J connectivity index is 1.08. The van der Waals surface area contributed by atoms with E-state index in [9.17, 15) is 9.59 Å². The van der Waals surface area contributed by atoms with Gasteiger partial charge in [0.25, 0.3) is 0 Å². The summed E-state index contributed by atoms with van der Waals surface area (Å²) in [5.74, 6) is 2.39. The zero-order valence-electron chi connectivity index (χ0n) is 36.4. The molecule has 5 aliphatic carbocycles. The molecule has 5 saturated carbocycles. The molecule has 0 aromatic heterocycles. The molecule has 10 atom stereocenters. The van der Waals surface area contributed by atoms with E-state index in [1.807, 2.05) is 24.3 Å². The number of carbonyl (C=O) groups is 2. The van der Waals surface area contributed by atoms with Crippen LogP contribution < -0.4 is 0 Å². The number of fused-ring (bicyclic) bond motifs is 7. The molecule has 56 heavy (non-hydrogen) atoms. The van der Waals surface area contributed by atoms with Crippen LogP contribution in [0.4, 0.5) is 0 Å². The molecule has 4 heteroatoms. The number of carbonyl (C=O) groups excluding carboxylic acids is 2. The zero-order chi connectivity index (χ0) is 40.1. The highest BCUT2D eigenvalue weighted by atomic mass is 16.5. The quantitative estimate of drug-likeness (QED) is 0.160. The minimum atomic E-state index is -0.168. The van der Waals surface area contributed by atoms with Crippen LogP contribution in [0.5, 0.6) is 0 Å². The SMILES string of the molecule is C=C(C)[C@@H]1CC[C@]2(COC(=O)c3ccc(CCCC)cc3)CC[C@]3(C)[C@H](CC[C@@H]4[C@@]5(C)CC[C@H](OC(=O)c6ccc(CCCC)cc6)C(C)(C)[C@@H]5CC[C@]43C)[C@@H]12. The smallest absolute Gasteiger partial charge is 0.338 e. The second kappa shape index (κ2) is 15.7. The van der Waals surface area contributed by atoms with E-state index >= 15 is 0 Å². The third-order valence-corrected chi connectivity index (χ3v) is 17.9. The first-order valence-electron chi connectivity index (χ1n) is 22.8. The fourth-order valence-corrected chi connectivity index (χ4v) is 14.6. The van der Waals surface area contributed by atoms with Crippen LogP contribution >= 0.6 is 0 Å². The van der Waals surface area contributed by atoms with Gasteiger partial charge in [0.2, 0.25) is 0 Å². The van der Waals surface area contributed by atoms with Gasteiger partial charge in [0.15, 0.2) is 0 Å². The summed E-state index contributed by atoms with van der Waals surface area (Å²) < 4.78 is 12.8. The van der Waals surface area contributed by atoms with Crippen LogP contribution in [-0.2, 0) is 22.3 Å². The van der Waals surface area contributed by atoms with Crippen LogP contribution in [0.2, 0.25) is 0 Å². The Morgan fingerprint density at radius 2 is 1.29 bits per heavy atom. The first-order chi connectivity index (χ1) is 26.6. The van der Waals surface area contributed by atoms with Crippen LogP contribution in [0.25, 0.3) is 0 Å². The van der Waals surface area contributed by atoms with Gasteiger partial charge >= 0.3 is 11.9 Å². The number of ether oxygens (including phenoxy) is 2. The maximum absolute atomic E-state index is 13.6. The zero-order valence-corrected chi connectivity index (χ0v) is 36.4. The third kappa shape index (κ3) is 6.93. The number of esters is 2. The topological polar surface area (TPSA) is 52.6 Å². The van der Waals surface area contributed by atoms with Crippen LogP contribution in [0, 0.1) is 56.7 Å². The maximum Gasteiger partial charge on any atom is 0.338 e. The van der Waals surface area contributed by atoms with Gasteiger partial charge in [-0.2, -0.15) is 0 Å². The number of allylic oxidation sites excluding steroid dienone is 1. The molecule has 0 radical (unpaired) electrons. The van der Waals surface area contributed by atoms with Crippen LogP contribution in [0.15, 0.2) is 60.7 Å². The second-order valence-corrected chi connectivity index (χ2v) is 21.0. The molecule has 7 rings (SSSR count). The van der Waals surface area contributed by atoms with E-state index in [2.05, 4.69) is 86.2 Å². The fraction of sp³-hybridized carbons (Fsp3) is 0.692. The molecule has 0 heterocycles. The van der Waals surface area contributed by atoms with Crippen LogP contribution in [0.3, 0.4) is 0 Å². The lowest BCUT2D eigenvalue weighted by atomic mass is 9.32. The van der Waals surface area contributed by atoms with E-state index in [0.29, 0.717) is 47.3 Å². The van der Waals surface area contributed by atoms with Gasteiger partial charge in [-0.3, -0.25) is 0 Å². The molecule has 0 amide bonds. The van der Waals surface area contributed by atoms with E-state index in [1.165, 1.54) is 74.5 Å². The Morgan fingerprint density at radius 3 is 1.88 bits per heavy atom. The van der Waals surface area contributed by atoms with Crippen LogP contribution in [0.1, 0.15) is 177 Å². The van der Waals surface area contributed by atoms with Gasteiger partial charge in [0.05, 0.1) is 17.7 Å². The summed E-state index contributed by atoms with van der Waals surface area (Å²) in [4.78, 5) is 27.1. The lowest BCUT2D eigenvalue weighted by Crippen LogP contribution is -2.67. The molecule has 0 spiro atoms. The first-order valence-corrected chi connectivity index (χ1v) is 22.8. The highest BCUT2D eigenvalue weighted by Gasteiger charge is 2.71. The van der Waals surface area contributed by atoms with Crippen molar-refractivity contribution in [2.45, 2.75) is 164 Å². The largest absolute Gasteiger partial charge is 0.461 e. The Hall–Kier alpha value is -2.88. The van der Waals surface area contributed by atoms with Crippen molar-refractivity contribution in [3.8, 4) is 0 Å². The lowest BCUT2D eigenvalue weighted by Gasteiger charge is -2.73. The van der Waals surface area contributed by atoms with E-state index in [-0.39, 0.29) is 45.1 Å². The summed E-state index contributed by atoms with van der Waals surface area (Å²) in [6, 6.07) is 16.3.